The van der Waals surface area contributed by atoms with Gasteiger partial charge < -0.3 is 5.11 Å². The van der Waals surface area contributed by atoms with Crippen molar-refractivity contribution >= 4 is 11.8 Å². The van der Waals surface area contributed by atoms with Gasteiger partial charge >= 0.3 is 0 Å². The highest BCUT2D eigenvalue weighted by Crippen LogP contribution is 2.06. The monoisotopic (exact) mass is 200 g/mol. The predicted molar refractivity (Wildman–Crippen MR) is 55.9 cm³/mol. The van der Waals surface area contributed by atoms with Crippen LogP contribution in [0.5, 0.6) is 0 Å². The van der Waals surface area contributed by atoms with Crippen molar-refractivity contribution in [2.75, 3.05) is 12.0 Å². The van der Waals surface area contributed by atoms with E-state index >= 15 is 0 Å². The Bertz CT molecular complexity index is 250. The molecule has 13 heavy (non-hydrogen) atoms. The molecule has 1 atom stereocenters. The van der Waals surface area contributed by atoms with Crippen LogP contribution in [0.1, 0.15) is 12.1 Å². The minimum Gasteiger partial charge on any atom is -0.392 e. The molecule has 1 rings (SSSR count). The summed E-state index contributed by atoms with van der Waals surface area (Å²) in [6, 6.07) is 1.99. The fourth-order valence-electron chi connectivity index (χ4n) is 1.24. The molecule has 74 valence electrons. The van der Waals surface area contributed by atoms with E-state index in [1.54, 1.807) is 18.0 Å². The van der Waals surface area contributed by atoms with Gasteiger partial charge in [-0.05, 0) is 25.2 Å². The molecule has 0 fully saturated rings. The van der Waals surface area contributed by atoms with Crippen molar-refractivity contribution in [2.24, 2.45) is 7.05 Å². The van der Waals surface area contributed by atoms with E-state index in [9.17, 15) is 5.11 Å². The molecule has 0 aromatic carbocycles. The van der Waals surface area contributed by atoms with E-state index in [4.69, 9.17) is 0 Å². The standard InChI is InChI=1S/C9H16N2OS/c1-11-8(5-6-10-11)3-4-9(12)7-13-2/h5-6,9,12H,3-4,7H2,1-2H3. The maximum absolute atomic E-state index is 9.49. The molecule has 0 aliphatic heterocycles. The zero-order chi connectivity index (χ0) is 9.68. The Kier molecular flexibility index (Phi) is 4.32. The van der Waals surface area contributed by atoms with Crippen molar-refractivity contribution in [1.29, 1.82) is 0 Å². The SMILES string of the molecule is CSCC(O)CCc1ccnn1C. The minimum absolute atomic E-state index is 0.190. The van der Waals surface area contributed by atoms with Gasteiger partial charge in [0.25, 0.3) is 0 Å². The zero-order valence-electron chi connectivity index (χ0n) is 8.10. The number of aromatic nitrogens is 2. The Morgan fingerprint density at radius 3 is 3.00 bits per heavy atom. The molecule has 0 saturated carbocycles. The Morgan fingerprint density at radius 2 is 2.46 bits per heavy atom. The summed E-state index contributed by atoms with van der Waals surface area (Å²) in [4.78, 5) is 0. The van der Waals surface area contributed by atoms with E-state index < -0.39 is 0 Å². The van der Waals surface area contributed by atoms with Gasteiger partial charge in [0, 0.05) is 24.7 Å². The van der Waals surface area contributed by atoms with E-state index in [1.165, 1.54) is 5.69 Å². The highest BCUT2D eigenvalue weighted by Gasteiger charge is 2.05. The molecule has 0 amide bonds. The smallest absolute Gasteiger partial charge is 0.0634 e. The highest BCUT2D eigenvalue weighted by atomic mass is 32.2. The molecule has 0 radical (unpaired) electrons. The number of hydrogen-bond acceptors (Lipinski definition) is 3. The number of aliphatic hydroxyl groups excluding tert-OH is 1. The summed E-state index contributed by atoms with van der Waals surface area (Å²) in [5.74, 6) is 0.817. The predicted octanol–water partition coefficient (Wildman–Crippen LogP) is 1.08. The van der Waals surface area contributed by atoms with Crippen molar-refractivity contribution in [3.05, 3.63) is 18.0 Å². The lowest BCUT2D eigenvalue weighted by molar-refractivity contribution is 0.189. The molecule has 1 unspecified atom stereocenters. The minimum atomic E-state index is -0.190. The summed E-state index contributed by atoms with van der Waals surface area (Å²) >= 11 is 1.68. The van der Waals surface area contributed by atoms with Crippen LogP contribution in [0.15, 0.2) is 12.3 Å². The van der Waals surface area contributed by atoms with Crippen molar-refractivity contribution in [3.63, 3.8) is 0 Å². The summed E-state index contributed by atoms with van der Waals surface area (Å²) < 4.78 is 1.85. The fourth-order valence-corrected chi connectivity index (χ4v) is 1.79. The average Bonchev–Trinajstić information content (AvgIpc) is 2.48. The second-order valence-corrected chi connectivity index (χ2v) is 4.00. The second kappa shape index (κ2) is 5.29. The van der Waals surface area contributed by atoms with Crippen molar-refractivity contribution in [3.8, 4) is 0 Å². The molecular weight excluding hydrogens is 184 g/mol. The first-order valence-corrected chi connectivity index (χ1v) is 5.77. The van der Waals surface area contributed by atoms with Gasteiger partial charge in [0.15, 0.2) is 0 Å². The molecule has 1 heterocycles. The van der Waals surface area contributed by atoms with Crippen LogP contribution < -0.4 is 0 Å². The Labute approximate surface area is 83.1 Å². The number of aryl methyl sites for hydroxylation is 2. The molecule has 1 aromatic heterocycles. The lowest BCUT2D eigenvalue weighted by Crippen LogP contribution is -2.12. The summed E-state index contributed by atoms with van der Waals surface area (Å²) in [5, 5.41) is 13.6. The fraction of sp³-hybridized carbons (Fsp3) is 0.667. The van der Waals surface area contributed by atoms with Crippen LogP contribution in [0, 0.1) is 0 Å². The van der Waals surface area contributed by atoms with E-state index in [1.807, 2.05) is 24.1 Å². The highest BCUT2D eigenvalue weighted by molar-refractivity contribution is 7.98. The topological polar surface area (TPSA) is 38.1 Å². The molecule has 0 spiro atoms. The largest absolute Gasteiger partial charge is 0.392 e. The molecule has 1 N–H and O–H groups in total. The number of thioether (sulfide) groups is 1. The third-order valence-corrected chi connectivity index (χ3v) is 2.73. The maximum atomic E-state index is 9.49. The van der Waals surface area contributed by atoms with Gasteiger partial charge in [-0.3, -0.25) is 4.68 Å². The lowest BCUT2D eigenvalue weighted by Gasteiger charge is -2.08. The summed E-state index contributed by atoms with van der Waals surface area (Å²) in [6.07, 6.45) is 5.33. The van der Waals surface area contributed by atoms with Gasteiger partial charge in [-0.15, -0.1) is 0 Å². The average molecular weight is 200 g/mol. The van der Waals surface area contributed by atoms with E-state index in [-0.39, 0.29) is 6.10 Å². The van der Waals surface area contributed by atoms with E-state index in [2.05, 4.69) is 5.10 Å². The Balaban J connectivity index is 2.30. The molecule has 4 heteroatoms. The molecule has 0 aliphatic carbocycles. The first kappa shape index (κ1) is 10.6. The van der Waals surface area contributed by atoms with Gasteiger partial charge in [-0.2, -0.15) is 16.9 Å². The quantitative estimate of drug-likeness (QED) is 0.773. The van der Waals surface area contributed by atoms with Crippen molar-refractivity contribution < 1.29 is 5.11 Å². The molecule has 0 aliphatic rings. The molecule has 0 saturated heterocycles. The number of nitrogens with zero attached hydrogens (tertiary/aromatic N) is 2. The molecule has 0 bridgehead atoms. The number of hydrogen-bond donors (Lipinski definition) is 1. The van der Waals surface area contributed by atoms with Gasteiger partial charge in [-0.1, -0.05) is 0 Å². The van der Waals surface area contributed by atoms with E-state index in [0.717, 1.165) is 18.6 Å². The van der Waals surface area contributed by atoms with E-state index in [0.29, 0.717) is 0 Å². The summed E-state index contributed by atoms with van der Waals surface area (Å²) in [7, 11) is 1.93. The molecular formula is C9H16N2OS. The van der Waals surface area contributed by atoms with Crippen LogP contribution in [0.4, 0.5) is 0 Å². The Morgan fingerprint density at radius 1 is 1.69 bits per heavy atom. The normalized spacial score (nSPS) is 13.2. The van der Waals surface area contributed by atoms with Crippen LogP contribution in [-0.4, -0.2) is 33.0 Å². The van der Waals surface area contributed by atoms with Gasteiger partial charge in [0.1, 0.15) is 0 Å². The molecule has 1 aromatic rings. The molecule has 3 nitrogen and oxygen atoms in total. The van der Waals surface area contributed by atoms with Gasteiger partial charge in [-0.25, -0.2) is 0 Å². The zero-order valence-corrected chi connectivity index (χ0v) is 8.92. The maximum Gasteiger partial charge on any atom is 0.0634 e. The second-order valence-electron chi connectivity index (χ2n) is 3.09. The first-order valence-electron chi connectivity index (χ1n) is 4.38. The van der Waals surface area contributed by atoms with Crippen LogP contribution in [0.25, 0.3) is 0 Å². The lowest BCUT2D eigenvalue weighted by atomic mass is 10.2. The first-order chi connectivity index (χ1) is 6.24. The van der Waals surface area contributed by atoms with Crippen molar-refractivity contribution in [2.45, 2.75) is 18.9 Å². The van der Waals surface area contributed by atoms with Crippen LogP contribution in [-0.2, 0) is 13.5 Å². The summed E-state index contributed by atoms with van der Waals surface area (Å²) in [6.45, 7) is 0. The number of rotatable bonds is 5. The van der Waals surface area contributed by atoms with Gasteiger partial charge in [0.2, 0.25) is 0 Å². The third-order valence-electron chi connectivity index (χ3n) is 2.02. The number of aliphatic hydroxyl groups is 1. The van der Waals surface area contributed by atoms with Crippen LogP contribution in [0.2, 0.25) is 0 Å². The van der Waals surface area contributed by atoms with Gasteiger partial charge in [0.05, 0.1) is 6.10 Å². The Hall–Kier alpha value is -0.480. The van der Waals surface area contributed by atoms with Crippen LogP contribution in [0.3, 0.4) is 0 Å². The van der Waals surface area contributed by atoms with Crippen LogP contribution >= 0.6 is 11.8 Å². The van der Waals surface area contributed by atoms with Crippen molar-refractivity contribution in [1.82, 2.24) is 9.78 Å². The summed E-state index contributed by atoms with van der Waals surface area (Å²) in [5.41, 5.74) is 1.18. The third kappa shape index (κ3) is 3.40.